The molecule has 1 atom stereocenters. The van der Waals surface area contributed by atoms with E-state index in [-0.39, 0.29) is 34.9 Å². The summed E-state index contributed by atoms with van der Waals surface area (Å²) in [4.78, 5) is 22.1. The number of amides is 1. The number of nitrogens with zero attached hydrogens (tertiary/aromatic N) is 3. The summed E-state index contributed by atoms with van der Waals surface area (Å²) < 4.78 is 45.6. The van der Waals surface area contributed by atoms with Crippen molar-refractivity contribution in [2.45, 2.75) is 36.4 Å². The molecule has 0 spiro atoms. The molecule has 33 heavy (non-hydrogen) atoms. The van der Waals surface area contributed by atoms with Gasteiger partial charge in [0.15, 0.2) is 22.1 Å². The second kappa shape index (κ2) is 10.2. The van der Waals surface area contributed by atoms with Gasteiger partial charge in [0.05, 0.1) is 30.4 Å². The third-order valence-corrected chi connectivity index (χ3v) is 7.90. The van der Waals surface area contributed by atoms with Crippen LogP contribution in [0.4, 0.5) is 9.52 Å². The molecule has 0 saturated carbocycles. The number of ether oxygens (including phenoxy) is 1. The number of aliphatic hydroxyl groups is 1. The van der Waals surface area contributed by atoms with Crippen LogP contribution < -0.4 is 5.32 Å². The van der Waals surface area contributed by atoms with Gasteiger partial charge in [-0.2, -0.15) is 8.70 Å². The minimum absolute atomic E-state index is 0.0564. The fraction of sp³-hybridized carbons (Fsp3) is 0.450. The van der Waals surface area contributed by atoms with E-state index in [0.29, 0.717) is 49.4 Å². The van der Waals surface area contributed by atoms with E-state index in [0.717, 1.165) is 6.20 Å². The molecule has 2 fully saturated rings. The SMILES string of the molecule is O=C(Nc1ncc(F)s1)/C(=N/O[C@@H]1CCOC1)c1ccc(S(=O)(=O)N2CCC(O)CC2)cc1. The number of hydrogen-bond donors (Lipinski definition) is 2. The highest BCUT2D eigenvalue weighted by atomic mass is 32.2. The topological polar surface area (TPSA) is 130 Å². The maximum absolute atomic E-state index is 13.2. The summed E-state index contributed by atoms with van der Waals surface area (Å²) in [6.45, 7) is 1.35. The number of aromatic nitrogens is 1. The summed E-state index contributed by atoms with van der Waals surface area (Å²) in [7, 11) is -3.74. The van der Waals surface area contributed by atoms with E-state index in [1.54, 1.807) is 0 Å². The van der Waals surface area contributed by atoms with Crippen LogP contribution in [0.5, 0.6) is 0 Å². The Balaban J connectivity index is 1.55. The highest BCUT2D eigenvalue weighted by Gasteiger charge is 2.29. The molecule has 1 amide bonds. The van der Waals surface area contributed by atoms with Gasteiger partial charge in [-0.3, -0.25) is 10.1 Å². The van der Waals surface area contributed by atoms with Crippen molar-refractivity contribution in [1.82, 2.24) is 9.29 Å². The molecule has 2 N–H and O–H groups in total. The van der Waals surface area contributed by atoms with Crippen LogP contribution in [0.2, 0.25) is 0 Å². The first-order chi connectivity index (χ1) is 15.8. The zero-order valence-corrected chi connectivity index (χ0v) is 19.1. The third kappa shape index (κ3) is 5.73. The van der Waals surface area contributed by atoms with Crippen LogP contribution in [0.15, 0.2) is 40.5 Å². The van der Waals surface area contributed by atoms with Crippen LogP contribution in [-0.4, -0.2) is 72.9 Å². The van der Waals surface area contributed by atoms with Gasteiger partial charge >= 0.3 is 0 Å². The fourth-order valence-electron chi connectivity index (χ4n) is 3.43. The number of anilines is 1. The molecule has 4 rings (SSSR count). The molecule has 0 bridgehead atoms. The number of oxime groups is 1. The number of nitrogens with one attached hydrogen (secondary N) is 1. The Labute approximate surface area is 194 Å². The first kappa shape index (κ1) is 23.7. The lowest BCUT2D eigenvalue weighted by atomic mass is 10.1. The number of halogens is 1. The molecule has 178 valence electrons. The predicted molar refractivity (Wildman–Crippen MR) is 118 cm³/mol. The summed E-state index contributed by atoms with van der Waals surface area (Å²) in [5.41, 5.74) is 0.207. The number of hydrogen-bond acceptors (Lipinski definition) is 9. The molecule has 0 radical (unpaired) electrons. The standard InChI is InChI=1S/C20H23FN4O6S2/c21-17-11-22-20(32-17)23-19(27)18(24-31-15-7-10-30-12-15)13-1-3-16(4-2-13)33(28,29)25-8-5-14(26)6-9-25/h1-4,11,14-15,26H,5-10,12H2,(H,22,23,27)/b24-18+/t15-/m1/s1. The molecule has 13 heteroatoms. The summed E-state index contributed by atoms with van der Waals surface area (Å²) in [6, 6.07) is 5.70. The van der Waals surface area contributed by atoms with Gasteiger partial charge in [0.25, 0.3) is 5.91 Å². The monoisotopic (exact) mass is 498 g/mol. The number of sulfonamides is 1. The Morgan fingerprint density at radius 3 is 2.61 bits per heavy atom. The summed E-state index contributed by atoms with van der Waals surface area (Å²) in [5, 5.41) is 15.6. The second-order valence-corrected chi connectivity index (χ2v) is 10.5. The van der Waals surface area contributed by atoms with Crippen LogP contribution in [0.3, 0.4) is 0 Å². The maximum Gasteiger partial charge on any atom is 0.280 e. The minimum atomic E-state index is -3.74. The van der Waals surface area contributed by atoms with Gasteiger partial charge in [0, 0.05) is 25.1 Å². The summed E-state index contributed by atoms with van der Waals surface area (Å²) in [6.07, 6.45) is 1.58. The van der Waals surface area contributed by atoms with Crippen LogP contribution in [0.1, 0.15) is 24.8 Å². The third-order valence-electron chi connectivity index (χ3n) is 5.28. The molecular formula is C20H23FN4O6S2. The zero-order valence-electron chi connectivity index (χ0n) is 17.5. The molecule has 0 aliphatic carbocycles. The van der Waals surface area contributed by atoms with Gasteiger partial charge < -0.3 is 14.7 Å². The number of rotatable bonds is 7. The van der Waals surface area contributed by atoms with Crippen molar-refractivity contribution in [2.24, 2.45) is 5.16 Å². The van der Waals surface area contributed by atoms with E-state index in [9.17, 15) is 22.7 Å². The molecular weight excluding hydrogens is 475 g/mol. The van der Waals surface area contributed by atoms with Gasteiger partial charge in [0.2, 0.25) is 10.0 Å². The van der Waals surface area contributed by atoms with Crippen molar-refractivity contribution in [1.29, 1.82) is 0 Å². The van der Waals surface area contributed by atoms with Crippen molar-refractivity contribution >= 4 is 38.1 Å². The van der Waals surface area contributed by atoms with E-state index >= 15 is 0 Å². The van der Waals surface area contributed by atoms with Gasteiger partial charge in [0.1, 0.15) is 0 Å². The number of thiazole rings is 1. The van der Waals surface area contributed by atoms with Crippen LogP contribution >= 0.6 is 11.3 Å². The van der Waals surface area contributed by atoms with Crippen molar-refractivity contribution in [2.75, 3.05) is 31.6 Å². The van der Waals surface area contributed by atoms with Gasteiger partial charge in [-0.1, -0.05) is 28.6 Å². The Morgan fingerprint density at radius 2 is 2.00 bits per heavy atom. The summed E-state index contributed by atoms with van der Waals surface area (Å²) in [5.74, 6) is -0.677. The Morgan fingerprint density at radius 1 is 1.27 bits per heavy atom. The number of aliphatic hydroxyl groups excluding tert-OH is 1. The predicted octanol–water partition coefficient (Wildman–Crippen LogP) is 1.58. The second-order valence-electron chi connectivity index (χ2n) is 7.61. The van der Waals surface area contributed by atoms with Crippen molar-refractivity contribution in [3.05, 3.63) is 41.2 Å². The van der Waals surface area contributed by atoms with E-state index in [1.807, 2.05) is 0 Å². The first-order valence-corrected chi connectivity index (χ1v) is 12.6. The van der Waals surface area contributed by atoms with Crippen LogP contribution in [0, 0.1) is 5.13 Å². The maximum atomic E-state index is 13.2. The molecule has 1 aromatic heterocycles. The van der Waals surface area contributed by atoms with Crippen LogP contribution in [-0.2, 0) is 24.4 Å². The molecule has 3 heterocycles. The van der Waals surface area contributed by atoms with Gasteiger partial charge in [-0.25, -0.2) is 13.4 Å². The lowest BCUT2D eigenvalue weighted by Crippen LogP contribution is -2.40. The van der Waals surface area contributed by atoms with E-state index in [1.165, 1.54) is 28.6 Å². The summed E-state index contributed by atoms with van der Waals surface area (Å²) >= 11 is 0.666. The Kier molecular flexibility index (Phi) is 7.34. The Hall–Kier alpha value is -2.45. The van der Waals surface area contributed by atoms with Crippen molar-refractivity contribution in [3.8, 4) is 0 Å². The van der Waals surface area contributed by atoms with Crippen molar-refractivity contribution in [3.63, 3.8) is 0 Å². The average molecular weight is 499 g/mol. The molecule has 2 aliphatic heterocycles. The molecule has 10 nitrogen and oxygen atoms in total. The number of carbonyl (C=O) groups excluding carboxylic acids is 1. The first-order valence-electron chi connectivity index (χ1n) is 10.4. The number of carbonyl (C=O) groups is 1. The Bertz CT molecular complexity index is 1110. The van der Waals surface area contributed by atoms with E-state index in [2.05, 4.69) is 15.5 Å². The quantitative estimate of drug-likeness (QED) is 0.438. The lowest BCUT2D eigenvalue weighted by molar-refractivity contribution is -0.110. The minimum Gasteiger partial charge on any atom is -0.393 e. The fourth-order valence-corrected chi connectivity index (χ4v) is 5.44. The average Bonchev–Trinajstić information content (AvgIpc) is 3.46. The zero-order chi connectivity index (χ0) is 23.4. The normalized spacial score (nSPS) is 20.7. The molecule has 2 aliphatic rings. The highest BCUT2D eigenvalue weighted by molar-refractivity contribution is 7.89. The lowest BCUT2D eigenvalue weighted by Gasteiger charge is -2.28. The molecule has 2 aromatic rings. The molecule has 1 aromatic carbocycles. The van der Waals surface area contributed by atoms with E-state index < -0.39 is 27.2 Å². The van der Waals surface area contributed by atoms with Gasteiger partial charge in [-0.05, 0) is 25.0 Å². The van der Waals surface area contributed by atoms with Gasteiger partial charge in [-0.15, -0.1) is 0 Å². The van der Waals surface area contributed by atoms with Crippen molar-refractivity contribution < 1.29 is 32.3 Å². The van der Waals surface area contributed by atoms with Crippen LogP contribution in [0.25, 0.3) is 0 Å². The number of benzene rings is 1. The number of piperidine rings is 1. The largest absolute Gasteiger partial charge is 0.393 e. The highest BCUT2D eigenvalue weighted by Crippen LogP contribution is 2.22. The molecule has 0 unspecified atom stereocenters. The molecule has 2 saturated heterocycles. The van der Waals surface area contributed by atoms with E-state index in [4.69, 9.17) is 9.57 Å². The smallest absolute Gasteiger partial charge is 0.280 e.